The zero-order valence-electron chi connectivity index (χ0n) is 11.4. The van der Waals surface area contributed by atoms with E-state index >= 15 is 0 Å². The monoisotopic (exact) mass is 295 g/mol. The molecule has 0 bridgehead atoms. The fraction of sp³-hybridized carbons (Fsp3) is 0.333. The Labute approximate surface area is 118 Å². The maximum absolute atomic E-state index is 12.4. The van der Waals surface area contributed by atoms with Gasteiger partial charge in [-0.2, -0.15) is 4.31 Å². The fourth-order valence-corrected chi connectivity index (χ4v) is 2.71. The average Bonchev–Trinajstić information content (AvgIpc) is 2.84. The van der Waals surface area contributed by atoms with Gasteiger partial charge in [0.2, 0.25) is 0 Å². The summed E-state index contributed by atoms with van der Waals surface area (Å²) in [6.07, 6.45) is 4.87. The van der Waals surface area contributed by atoms with Crippen LogP contribution in [0.3, 0.4) is 0 Å². The summed E-state index contributed by atoms with van der Waals surface area (Å²) in [7, 11) is -0.310. The van der Waals surface area contributed by atoms with Gasteiger partial charge in [0.05, 0.1) is 6.54 Å². The van der Waals surface area contributed by atoms with Crippen molar-refractivity contribution in [3.8, 4) is 0 Å². The maximum atomic E-state index is 12.4. The molecule has 2 N–H and O–H groups in total. The van der Waals surface area contributed by atoms with Gasteiger partial charge in [0.25, 0.3) is 10.0 Å². The van der Waals surface area contributed by atoms with Gasteiger partial charge in [-0.3, -0.25) is 0 Å². The predicted octanol–water partition coefficient (Wildman–Crippen LogP) is 0.0945. The van der Waals surface area contributed by atoms with Crippen molar-refractivity contribution >= 4 is 10.0 Å². The van der Waals surface area contributed by atoms with Gasteiger partial charge < -0.3 is 10.3 Å². The lowest BCUT2D eigenvalue weighted by Crippen LogP contribution is -2.28. The molecule has 0 radical (unpaired) electrons. The Morgan fingerprint density at radius 1 is 1.35 bits per heavy atom. The van der Waals surface area contributed by atoms with Crippen molar-refractivity contribution < 1.29 is 8.42 Å². The Morgan fingerprint density at radius 2 is 2.10 bits per heavy atom. The Bertz CT molecular complexity index is 678. The third-order valence-electron chi connectivity index (χ3n) is 2.99. The second-order valence-electron chi connectivity index (χ2n) is 4.42. The summed E-state index contributed by atoms with van der Waals surface area (Å²) in [6.45, 7) is 0.516. The smallest absolute Gasteiger partial charge is 0.260 e. The Kier molecular flexibility index (Phi) is 4.17. The molecule has 8 heteroatoms. The lowest BCUT2D eigenvalue weighted by Gasteiger charge is -2.16. The van der Waals surface area contributed by atoms with Crippen LogP contribution in [0.25, 0.3) is 0 Å². The minimum Gasteiger partial charge on any atom is -0.337 e. The van der Waals surface area contributed by atoms with E-state index in [1.165, 1.54) is 23.6 Å². The Balaban J connectivity index is 2.22. The van der Waals surface area contributed by atoms with Crippen LogP contribution in [0.5, 0.6) is 0 Å². The van der Waals surface area contributed by atoms with Crippen LogP contribution in [0, 0.1) is 0 Å². The molecule has 0 unspecified atom stereocenters. The topological polar surface area (TPSA) is 94.1 Å². The van der Waals surface area contributed by atoms with Crippen LogP contribution in [0.15, 0.2) is 35.7 Å². The number of nitrogens with two attached hydrogens (primary N) is 1. The summed E-state index contributed by atoms with van der Waals surface area (Å²) in [5.74, 6) is 0.662. The highest BCUT2D eigenvalue weighted by molar-refractivity contribution is 7.89. The van der Waals surface area contributed by atoms with Crippen LogP contribution in [-0.2, 0) is 30.2 Å². The summed E-state index contributed by atoms with van der Waals surface area (Å²) in [4.78, 5) is 8.07. The van der Waals surface area contributed by atoms with Crippen molar-refractivity contribution in [2.24, 2.45) is 12.8 Å². The largest absolute Gasteiger partial charge is 0.337 e. The summed E-state index contributed by atoms with van der Waals surface area (Å²) in [5, 5.41) is 0.00593. The molecule has 0 saturated heterocycles. The molecule has 0 atom stereocenters. The number of rotatable bonds is 5. The lowest BCUT2D eigenvalue weighted by molar-refractivity contribution is 0.448. The van der Waals surface area contributed by atoms with Gasteiger partial charge >= 0.3 is 0 Å². The summed E-state index contributed by atoms with van der Waals surface area (Å²) >= 11 is 0. The van der Waals surface area contributed by atoms with Crippen molar-refractivity contribution in [1.82, 2.24) is 18.8 Å². The normalized spacial score (nSPS) is 12.0. The highest BCUT2D eigenvalue weighted by atomic mass is 32.2. The molecule has 0 amide bonds. The van der Waals surface area contributed by atoms with Crippen LogP contribution in [0.2, 0.25) is 0 Å². The van der Waals surface area contributed by atoms with Gasteiger partial charge in [-0.15, -0.1) is 0 Å². The van der Waals surface area contributed by atoms with Crippen LogP contribution < -0.4 is 5.73 Å². The van der Waals surface area contributed by atoms with Gasteiger partial charge in [0.15, 0.2) is 5.03 Å². The summed E-state index contributed by atoms with van der Waals surface area (Å²) in [6, 6.07) is 3.13. The molecule has 2 aromatic heterocycles. The van der Waals surface area contributed by atoms with Gasteiger partial charge in [-0.25, -0.2) is 18.4 Å². The number of sulfonamides is 1. The molecule has 0 aliphatic heterocycles. The molecule has 108 valence electrons. The van der Waals surface area contributed by atoms with E-state index < -0.39 is 10.0 Å². The highest BCUT2D eigenvalue weighted by Gasteiger charge is 2.23. The van der Waals surface area contributed by atoms with E-state index in [9.17, 15) is 8.42 Å². The molecule has 2 heterocycles. The van der Waals surface area contributed by atoms with E-state index in [4.69, 9.17) is 5.73 Å². The molecule has 7 nitrogen and oxygen atoms in total. The fourth-order valence-electron chi connectivity index (χ4n) is 1.68. The van der Waals surface area contributed by atoms with Crippen molar-refractivity contribution in [2.75, 3.05) is 7.05 Å². The number of aromatic nitrogens is 3. The van der Waals surface area contributed by atoms with E-state index in [1.807, 2.05) is 7.05 Å². The van der Waals surface area contributed by atoms with E-state index in [-0.39, 0.29) is 11.6 Å². The molecule has 0 spiro atoms. The summed E-state index contributed by atoms with van der Waals surface area (Å²) in [5.41, 5.74) is 6.25. The first-order chi connectivity index (χ1) is 9.45. The molecular formula is C12H17N5O2S. The minimum atomic E-state index is -3.63. The van der Waals surface area contributed by atoms with Crippen LogP contribution >= 0.6 is 0 Å². The zero-order valence-corrected chi connectivity index (χ0v) is 12.2. The van der Waals surface area contributed by atoms with Crippen molar-refractivity contribution in [3.63, 3.8) is 0 Å². The number of pyridine rings is 1. The quantitative estimate of drug-likeness (QED) is 0.844. The standard InChI is InChI=1S/C12H17N5O2S/c1-16-6-5-14-11(16)9-17(2)20(18,19)12-4-3-10(7-13)8-15-12/h3-6,8H,7,9,13H2,1-2H3. The number of hydrogen-bond donors (Lipinski definition) is 1. The highest BCUT2D eigenvalue weighted by Crippen LogP contribution is 2.14. The van der Waals surface area contributed by atoms with E-state index in [1.54, 1.807) is 23.0 Å². The van der Waals surface area contributed by atoms with Crippen LogP contribution in [0.1, 0.15) is 11.4 Å². The van der Waals surface area contributed by atoms with E-state index in [2.05, 4.69) is 9.97 Å². The average molecular weight is 295 g/mol. The van der Waals surface area contributed by atoms with Crippen molar-refractivity contribution in [3.05, 3.63) is 42.1 Å². The Hall–Kier alpha value is -1.77. The molecule has 0 aromatic carbocycles. The molecule has 2 aromatic rings. The van der Waals surface area contributed by atoms with Gasteiger partial charge in [0, 0.05) is 39.2 Å². The number of nitrogens with zero attached hydrogens (tertiary/aromatic N) is 4. The predicted molar refractivity (Wildman–Crippen MR) is 74.0 cm³/mol. The number of aryl methyl sites for hydroxylation is 1. The van der Waals surface area contributed by atoms with Gasteiger partial charge in [0.1, 0.15) is 5.82 Å². The van der Waals surface area contributed by atoms with E-state index in [0.29, 0.717) is 12.4 Å². The van der Waals surface area contributed by atoms with Crippen molar-refractivity contribution in [2.45, 2.75) is 18.1 Å². The minimum absolute atomic E-state index is 0.00593. The molecule has 2 rings (SSSR count). The summed E-state index contributed by atoms with van der Waals surface area (Å²) < 4.78 is 27.7. The zero-order chi connectivity index (χ0) is 14.8. The second-order valence-corrected chi connectivity index (χ2v) is 6.42. The molecule has 0 aliphatic rings. The number of imidazole rings is 1. The first-order valence-corrected chi connectivity index (χ1v) is 7.46. The van der Waals surface area contributed by atoms with Crippen LogP contribution in [-0.4, -0.2) is 34.3 Å². The molecule has 0 fully saturated rings. The van der Waals surface area contributed by atoms with Crippen LogP contribution in [0.4, 0.5) is 0 Å². The maximum Gasteiger partial charge on any atom is 0.260 e. The SMILES string of the molecule is CN(Cc1nccn1C)S(=O)(=O)c1ccc(CN)cn1. The molecule has 0 saturated carbocycles. The Morgan fingerprint density at radius 3 is 2.60 bits per heavy atom. The molecule has 20 heavy (non-hydrogen) atoms. The third-order valence-corrected chi connectivity index (χ3v) is 4.71. The van der Waals surface area contributed by atoms with Crippen molar-refractivity contribution in [1.29, 1.82) is 0 Å². The van der Waals surface area contributed by atoms with Gasteiger partial charge in [-0.1, -0.05) is 6.07 Å². The molecular weight excluding hydrogens is 278 g/mol. The lowest BCUT2D eigenvalue weighted by atomic mass is 10.3. The number of hydrogen-bond acceptors (Lipinski definition) is 5. The third kappa shape index (κ3) is 2.87. The van der Waals surface area contributed by atoms with Gasteiger partial charge in [-0.05, 0) is 11.6 Å². The second kappa shape index (κ2) is 5.70. The first-order valence-electron chi connectivity index (χ1n) is 6.02. The first kappa shape index (κ1) is 14.6. The molecule has 0 aliphatic carbocycles. The van der Waals surface area contributed by atoms with E-state index in [0.717, 1.165) is 5.56 Å².